The van der Waals surface area contributed by atoms with Crippen LogP contribution in [0.1, 0.15) is 31.2 Å². The van der Waals surface area contributed by atoms with E-state index in [1.807, 2.05) is 36.5 Å². The van der Waals surface area contributed by atoms with E-state index < -0.39 is 0 Å². The number of nitrogens with zero attached hydrogens (tertiary/aromatic N) is 2. The van der Waals surface area contributed by atoms with Gasteiger partial charge in [0.05, 0.1) is 24.5 Å². The topological polar surface area (TPSA) is 79.2 Å². The van der Waals surface area contributed by atoms with Gasteiger partial charge in [-0.3, -0.25) is 4.68 Å². The molecule has 0 atom stereocenters. The van der Waals surface area contributed by atoms with Gasteiger partial charge in [-0.25, -0.2) is 4.79 Å². The van der Waals surface area contributed by atoms with E-state index >= 15 is 0 Å². The maximum absolute atomic E-state index is 12.0. The van der Waals surface area contributed by atoms with Crippen LogP contribution in [0, 0.1) is 0 Å². The van der Waals surface area contributed by atoms with E-state index in [1.165, 1.54) is 0 Å². The van der Waals surface area contributed by atoms with E-state index in [1.54, 1.807) is 10.9 Å². The van der Waals surface area contributed by atoms with Crippen LogP contribution in [-0.4, -0.2) is 33.1 Å². The first-order valence-electron chi connectivity index (χ1n) is 8.01. The van der Waals surface area contributed by atoms with Crippen LogP contribution in [-0.2, 0) is 6.54 Å². The van der Waals surface area contributed by atoms with Crippen molar-refractivity contribution >= 4 is 11.7 Å². The van der Waals surface area contributed by atoms with Gasteiger partial charge in [-0.15, -0.1) is 0 Å². The first kappa shape index (κ1) is 15.6. The molecule has 0 aliphatic heterocycles. The van der Waals surface area contributed by atoms with Gasteiger partial charge >= 0.3 is 6.03 Å². The van der Waals surface area contributed by atoms with E-state index in [4.69, 9.17) is 0 Å². The summed E-state index contributed by atoms with van der Waals surface area (Å²) in [5.74, 6) is 0. The Kier molecular flexibility index (Phi) is 4.92. The minimum absolute atomic E-state index is 0.137. The lowest BCUT2D eigenvalue weighted by atomic mass is 9.93. The summed E-state index contributed by atoms with van der Waals surface area (Å²) in [6.07, 6.45) is 6.39. The van der Waals surface area contributed by atoms with Gasteiger partial charge < -0.3 is 15.7 Å². The van der Waals surface area contributed by atoms with Crippen molar-refractivity contribution in [2.45, 2.75) is 44.4 Å². The highest BCUT2D eigenvalue weighted by Crippen LogP contribution is 2.18. The molecule has 1 fully saturated rings. The Bertz CT molecular complexity index is 633. The average molecular weight is 314 g/mol. The van der Waals surface area contributed by atoms with Crippen molar-refractivity contribution in [1.82, 2.24) is 15.1 Å². The average Bonchev–Trinajstić information content (AvgIpc) is 2.97. The standard InChI is InChI=1S/C17H22N4O2/c22-16-8-6-14(7-9-16)19-17(23)20-15-10-18-21(12-15)11-13-4-2-1-3-5-13/h1-5,10,12,14,16,22H,6-9,11H2,(H2,19,20,23). The molecule has 1 aliphatic carbocycles. The molecule has 1 aromatic heterocycles. The smallest absolute Gasteiger partial charge is 0.319 e. The van der Waals surface area contributed by atoms with Crippen LogP contribution >= 0.6 is 0 Å². The van der Waals surface area contributed by atoms with E-state index in [9.17, 15) is 9.90 Å². The molecule has 1 heterocycles. The fourth-order valence-corrected chi connectivity index (χ4v) is 2.86. The number of hydrogen-bond donors (Lipinski definition) is 3. The Morgan fingerprint density at radius 2 is 1.96 bits per heavy atom. The molecule has 6 heteroatoms. The summed E-state index contributed by atoms with van der Waals surface area (Å²) in [5.41, 5.74) is 1.83. The predicted octanol–water partition coefficient (Wildman–Crippen LogP) is 2.36. The number of aromatic nitrogens is 2. The van der Waals surface area contributed by atoms with Crippen molar-refractivity contribution in [3.8, 4) is 0 Å². The zero-order valence-electron chi connectivity index (χ0n) is 13.0. The van der Waals surface area contributed by atoms with Crippen molar-refractivity contribution in [1.29, 1.82) is 0 Å². The molecule has 2 amide bonds. The summed E-state index contributed by atoms with van der Waals surface area (Å²) in [4.78, 5) is 12.0. The number of anilines is 1. The Labute approximate surface area is 135 Å². The van der Waals surface area contributed by atoms with Crippen LogP contribution in [0.4, 0.5) is 10.5 Å². The normalized spacial score (nSPS) is 20.9. The maximum Gasteiger partial charge on any atom is 0.319 e. The summed E-state index contributed by atoms with van der Waals surface area (Å²) in [7, 11) is 0. The molecule has 6 nitrogen and oxygen atoms in total. The van der Waals surface area contributed by atoms with Crippen LogP contribution in [0.5, 0.6) is 0 Å². The monoisotopic (exact) mass is 314 g/mol. The zero-order chi connectivity index (χ0) is 16.1. The van der Waals surface area contributed by atoms with Crippen molar-refractivity contribution in [3.05, 3.63) is 48.3 Å². The van der Waals surface area contributed by atoms with Crippen molar-refractivity contribution in [3.63, 3.8) is 0 Å². The van der Waals surface area contributed by atoms with E-state index in [2.05, 4.69) is 15.7 Å². The van der Waals surface area contributed by atoms with Crippen molar-refractivity contribution < 1.29 is 9.90 Å². The molecule has 1 aromatic carbocycles. The number of amides is 2. The Hall–Kier alpha value is -2.34. The van der Waals surface area contributed by atoms with Gasteiger partial charge in [0.1, 0.15) is 0 Å². The number of nitrogens with one attached hydrogen (secondary N) is 2. The van der Waals surface area contributed by atoms with E-state index in [0.29, 0.717) is 12.2 Å². The molecule has 0 radical (unpaired) electrons. The molecule has 2 aromatic rings. The summed E-state index contributed by atoms with van der Waals surface area (Å²) < 4.78 is 1.79. The van der Waals surface area contributed by atoms with E-state index in [-0.39, 0.29) is 18.2 Å². The zero-order valence-corrected chi connectivity index (χ0v) is 13.0. The number of carbonyl (C=O) groups excluding carboxylic acids is 1. The molecule has 0 saturated heterocycles. The SMILES string of the molecule is O=C(Nc1cnn(Cc2ccccc2)c1)NC1CCC(O)CC1. The van der Waals surface area contributed by atoms with Crippen LogP contribution in [0.3, 0.4) is 0 Å². The third kappa shape index (κ3) is 4.56. The van der Waals surface area contributed by atoms with Crippen LogP contribution in [0.15, 0.2) is 42.7 Å². The summed E-state index contributed by atoms with van der Waals surface area (Å²) >= 11 is 0. The molecule has 0 unspecified atom stereocenters. The first-order chi connectivity index (χ1) is 11.2. The second kappa shape index (κ2) is 7.28. The lowest BCUT2D eigenvalue weighted by Crippen LogP contribution is -2.40. The minimum atomic E-state index is -0.217. The van der Waals surface area contributed by atoms with Gasteiger partial charge in [0.15, 0.2) is 0 Å². The Balaban J connectivity index is 1.49. The first-order valence-corrected chi connectivity index (χ1v) is 8.01. The fourth-order valence-electron chi connectivity index (χ4n) is 2.86. The van der Waals surface area contributed by atoms with Crippen molar-refractivity contribution in [2.75, 3.05) is 5.32 Å². The Morgan fingerprint density at radius 1 is 1.22 bits per heavy atom. The number of urea groups is 1. The molecule has 0 spiro atoms. The third-order valence-corrected chi connectivity index (χ3v) is 4.11. The molecule has 3 N–H and O–H groups in total. The lowest BCUT2D eigenvalue weighted by Gasteiger charge is -2.26. The number of aliphatic hydroxyl groups excluding tert-OH is 1. The highest BCUT2D eigenvalue weighted by Gasteiger charge is 2.20. The van der Waals surface area contributed by atoms with Crippen molar-refractivity contribution in [2.24, 2.45) is 0 Å². The Morgan fingerprint density at radius 3 is 2.70 bits per heavy atom. The predicted molar refractivity (Wildman–Crippen MR) is 88.2 cm³/mol. The molecule has 1 aliphatic rings. The fraction of sp³-hybridized carbons (Fsp3) is 0.412. The quantitative estimate of drug-likeness (QED) is 0.810. The van der Waals surface area contributed by atoms with Crippen LogP contribution in [0.25, 0.3) is 0 Å². The number of benzene rings is 1. The van der Waals surface area contributed by atoms with Gasteiger partial charge in [-0.1, -0.05) is 30.3 Å². The van der Waals surface area contributed by atoms with Crippen LogP contribution in [0.2, 0.25) is 0 Å². The molecule has 0 bridgehead atoms. The number of carbonyl (C=O) groups is 1. The van der Waals surface area contributed by atoms with Crippen LogP contribution < -0.4 is 10.6 Å². The van der Waals surface area contributed by atoms with Gasteiger partial charge in [-0.05, 0) is 31.2 Å². The van der Waals surface area contributed by atoms with Gasteiger partial charge in [0.2, 0.25) is 0 Å². The van der Waals surface area contributed by atoms with Gasteiger partial charge in [0, 0.05) is 12.2 Å². The van der Waals surface area contributed by atoms with Gasteiger partial charge in [0.25, 0.3) is 0 Å². The summed E-state index contributed by atoms with van der Waals surface area (Å²) in [6.45, 7) is 0.671. The summed E-state index contributed by atoms with van der Waals surface area (Å²) in [6, 6.07) is 9.97. The molecular weight excluding hydrogens is 292 g/mol. The number of aliphatic hydroxyl groups is 1. The molecule has 3 rings (SSSR count). The molecule has 23 heavy (non-hydrogen) atoms. The van der Waals surface area contributed by atoms with Gasteiger partial charge in [-0.2, -0.15) is 5.10 Å². The molecular formula is C17H22N4O2. The maximum atomic E-state index is 12.0. The van der Waals surface area contributed by atoms with E-state index in [0.717, 1.165) is 31.2 Å². The second-order valence-corrected chi connectivity index (χ2v) is 6.02. The third-order valence-electron chi connectivity index (χ3n) is 4.11. The second-order valence-electron chi connectivity index (χ2n) is 6.02. The highest BCUT2D eigenvalue weighted by atomic mass is 16.3. The molecule has 122 valence electrons. The largest absolute Gasteiger partial charge is 0.393 e. The molecule has 1 saturated carbocycles. The lowest BCUT2D eigenvalue weighted by molar-refractivity contribution is 0.118. The number of hydrogen-bond acceptors (Lipinski definition) is 3. The number of rotatable bonds is 4. The highest BCUT2D eigenvalue weighted by molar-refractivity contribution is 5.89. The summed E-state index contributed by atoms with van der Waals surface area (Å²) in [5, 5.41) is 19.5. The minimum Gasteiger partial charge on any atom is -0.393 e.